The normalized spacial score (nSPS) is 27.2. The van der Waals surface area contributed by atoms with Gasteiger partial charge in [-0.05, 0) is 41.4 Å². The predicted molar refractivity (Wildman–Crippen MR) is 143 cm³/mol. The number of pyridine rings is 1. The van der Waals surface area contributed by atoms with Gasteiger partial charge in [0.25, 0.3) is 0 Å². The van der Waals surface area contributed by atoms with Crippen molar-refractivity contribution in [2.24, 2.45) is 5.92 Å². The minimum atomic E-state index is -1.91. The molecule has 0 aromatic carbocycles. The summed E-state index contributed by atoms with van der Waals surface area (Å²) < 4.78 is 12.0. The molecule has 0 radical (unpaired) electrons. The Balaban J connectivity index is 1.69. The molecule has 1 aromatic heterocycles. The summed E-state index contributed by atoms with van der Waals surface area (Å²) in [6.45, 7) is 15.2. The highest BCUT2D eigenvalue weighted by Gasteiger charge is 2.58. The van der Waals surface area contributed by atoms with Crippen molar-refractivity contribution < 1.29 is 29.3 Å². The maximum Gasteiger partial charge on any atom is 0.408 e. The van der Waals surface area contributed by atoms with Crippen LogP contribution in [-0.2, 0) is 14.9 Å². The minimum Gasteiger partial charge on any atom is -0.480 e. The lowest BCUT2D eigenvalue weighted by Crippen LogP contribution is -2.43. The maximum atomic E-state index is 11.6. The molecule has 4 atom stereocenters. The molecule has 3 heterocycles. The van der Waals surface area contributed by atoms with E-state index in [0.29, 0.717) is 41.6 Å². The third-order valence-electron chi connectivity index (χ3n) is 8.99. The van der Waals surface area contributed by atoms with E-state index in [1.165, 1.54) is 0 Å². The number of carboxylic acids is 1. The fourth-order valence-electron chi connectivity index (χ4n) is 6.92. The molecule has 2 aliphatic heterocycles. The molecule has 1 aliphatic carbocycles. The zero-order valence-electron chi connectivity index (χ0n) is 22.8. The van der Waals surface area contributed by atoms with Crippen LogP contribution in [0.3, 0.4) is 0 Å². The number of hydrogen-bond acceptors (Lipinski definition) is 5. The Labute approximate surface area is 220 Å². The van der Waals surface area contributed by atoms with Crippen LogP contribution < -0.4 is 4.74 Å². The van der Waals surface area contributed by atoms with E-state index in [0.717, 1.165) is 28.9 Å². The number of hydrogen-bond donors (Lipinski definition) is 2. The van der Waals surface area contributed by atoms with Gasteiger partial charge in [0, 0.05) is 35.8 Å². The van der Waals surface area contributed by atoms with Crippen LogP contribution in [0.25, 0.3) is 0 Å². The van der Waals surface area contributed by atoms with Crippen molar-refractivity contribution in [3.05, 3.63) is 23.4 Å². The standard InChI is InChI=1S/C28H40N2O6Si/c1-17(2)37(18(3)4,19(5)6)10-7-20-11-23(28-8-9-35-16-21(28)13-28)25(29-14-20)36-22-12-24(26(31)32)30(15-22)27(33)34/h11,14,17-19,21-22,24H,8-9,12-13,15-16H2,1-6H3,(H,31,32)(H,33,34)/t21?,22-,24-,28?/m0/s1. The predicted octanol–water partition coefficient (Wildman–Crippen LogP) is 4.91. The van der Waals surface area contributed by atoms with Gasteiger partial charge in [0.1, 0.15) is 20.2 Å². The van der Waals surface area contributed by atoms with E-state index in [-0.39, 0.29) is 18.4 Å². The summed E-state index contributed by atoms with van der Waals surface area (Å²) >= 11 is 0. The van der Waals surface area contributed by atoms with E-state index in [4.69, 9.17) is 14.5 Å². The highest BCUT2D eigenvalue weighted by Crippen LogP contribution is 2.60. The zero-order valence-corrected chi connectivity index (χ0v) is 23.8. The molecule has 37 heavy (non-hydrogen) atoms. The molecular formula is C28H40N2O6Si. The van der Waals surface area contributed by atoms with Crippen molar-refractivity contribution in [3.63, 3.8) is 0 Å². The Morgan fingerprint density at radius 2 is 1.86 bits per heavy atom. The first-order valence-electron chi connectivity index (χ1n) is 13.4. The van der Waals surface area contributed by atoms with Gasteiger partial charge in [-0.3, -0.25) is 4.90 Å². The first kappa shape index (κ1) is 27.5. The molecule has 2 unspecified atom stereocenters. The number of carboxylic acid groups (broad SMARTS) is 2. The van der Waals surface area contributed by atoms with Crippen LogP contribution in [0.5, 0.6) is 5.88 Å². The Bertz CT molecular complexity index is 1070. The van der Waals surface area contributed by atoms with Crippen molar-refractivity contribution in [1.82, 2.24) is 9.88 Å². The van der Waals surface area contributed by atoms with Gasteiger partial charge >= 0.3 is 12.1 Å². The van der Waals surface area contributed by atoms with Crippen LogP contribution in [0.1, 0.15) is 71.9 Å². The number of nitrogens with zero attached hydrogens (tertiary/aromatic N) is 2. The van der Waals surface area contributed by atoms with Crippen molar-refractivity contribution in [2.75, 3.05) is 19.8 Å². The first-order chi connectivity index (χ1) is 17.4. The summed E-state index contributed by atoms with van der Waals surface area (Å²) in [5, 5.41) is 19.0. The van der Waals surface area contributed by atoms with E-state index < -0.39 is 32.3 Å². The number of ether oxygens (including phenoxy) is 2. The van der Waals surface area contributed by atoms with Gasteiger partial charge in [-0.1, -0.05) is 47.5 Å². The largest absolute Gasteiger partial charge is 0.480 e. The molecule has 2 saturated heterocycles. The summed E-state index contributed by atoms with van der Waals surface area (Å²) in [5.74, 6) is 3.21. The number of aromatic nitrogens is 1. The maximum absolute atomic E-state index is 11.6. The quantitative estimate of drug-likeness (QED) is 0.382. The molecule has 1 saturated carbocycles. The third kappa shape index (κ3) is 4.98. The second-order valence-electron chi connectivity index (χ2n) is 11.9. The molecule has 1 amide bonds. The molecule has 0 bridgehead atoms. The summed E-state index contributed by atoms with van der Waals surface area (Å²) in [5.41, 5.74) is 7.16. The van der Waals surface area contributed by atoms with E-state index in [2.05, 4.69) is 59.1 Å². The van der Waals surface area contributed by atoms with E-state index in [1.807, 2.05) is 0 Å². The minimum absolute atomic E-state index is 0.000196. The number of carbonyl (C=O) groups is 2. The second-order valence-corrected chi connectivity index (χ2v) is 17.5. The number of amides is 1. The Morgan fingerprint density at radius 1 is 1.19 bits per heavy atom. The molecule has 8 nitrogen and oxygen atoms in total. The van der Waals surface area contributed by atoms with Crippen molar-refractivity contribution in [1.29, 1.82) is 0 Å². The molecular weight excluding hydrogens is 488 g/mol. The van der Waals surface area contributed by atoms with Crippen molar-refractivity contribution >= 4 is 20.1 Å². The van der Waals surface area contributed by atoms with Crippen LogP contribution in [0, 0.1) is 17.4 Å². The Hall–Kier alpha value is -2.57. The topological polar surface area (TPSA) is 109 Å². The van der Waals surface area contributed by atoms with E-state index >= 15 is 0 Å². The van der Waals surface area contributed by atoms with Gasteiger partial charge in [0.2, 0.25) is 5.88 Å². The van der Waals surface area contributed by atoms with Gasteiger partial charge in [0.15, 0.2) is 0 Å². The molecule has 9 heteroatoms. The molecule has 3 aliphatic rings. The molecule has 2 N–H and O–H groups in total. The highest BCUT2D eigenvalue weighted by atomic mass is 28.3. The lowest BCUT2D eigenvalue weighted by Gasteiger charge is -2.38. The molecule has 4 rings (SSSR count). The molecule has 3 fully saturated rings. The van der Waals surface area contributed by atoms with E-state index in [1.54, 1.807) is 6.20 Å². The summed E-state index contributed by atoms with van der Waals surface area (Å²) in [6, 6.07) is 0.992. The SMILES string of the molecule is CC(C)[Si](C#Cc1cnc(O[C@H]2C[C@@H](C(=O)O)N(C(=O)O)C2)c(C23CCOCC2C3)c1)(C(C)C)C(C)C. The summed E-state index contributed by atoms with van der Waals surface area (Å²) in [6.07, 6.45) is 1.88. The Kier molecular flexibility index (Phi) is 7.64. The van der Waals surface area contributed by atoms with Gasteiger partial charge in [-0.25, -0.2) is 14.6 Å². The fourth-order valence-corrected chi connectivity index (χ4v) is 12.1. The number of fused-ring (bicyclic) bond motifs is 1. The fraction of sp³-hybridized carbons (Fsp3) is 0.679. The van der Waals surface area contributed by atoms with Gasteiger partial charge in [-0.15, -0.1) is 5.54 Å². The van der Waals surface area contributed by atoms with Crippen LogP contribution in [0.2, 0.25) is 16.6 Å². The van der Waals surface area contributed by atoms with E-state index in [9.17, 15) is 19.8 Å². The van der Waals surface area contributed by atoms with Crippen molar-refractivity contribution in [2.45, 2.75) is 95.0 Å². The average molecular weight is 529 g/mol. The summed E-state index contributed by atoms with van der Waals surface area (Å²) in [7, 11) is -1.91. The van der Waals surface area contributed by atoms with Crippen LogP contribution in [-0.4, -0.2) is 72.1 Å². The summed E-state index contributed by atoms with van der Waals surface area (Å²) in [4.78, 5) is 28.9. The smallest absolute Gasteiger partial charge is 0.408 e. The second kappa shape index (κ2) is 10.3. The molecule has 202 valence electrons. The number of rotatable bonds is 7. The molecule has 1 aromatic rings. The first-order valence-corrected chi connectivity index (χ1v) is 15.7. The van der Waals surface area contributed by atoms with Gasteiger partial charge < -0.3 is 19.7 Å². The monoisotopic (exact) mass is 528 g/mol. The lowest BCUT2D eigenvalue weighted by atomic mass is 9.89. The van der Waals surface area contributed by atoms with Crippen molar-refractivity contribution in [3.8, 4) is 17.3 Å². The van der Waals surface area contributed by atoms with Gasteiger partial charge in [-0.2, -0.15) is 0 Å². The average Bonchev–Trinajstić information content (AvgIpc) is 3.42. The van der Waals surface area contributed by atoms with Gasteiger partial charge in [0.05, 0.1) is 13.2 Å². The lowest BCUT2D eigenvalue weighted by molar-refractivity contribution is -0.141. The Morgan fingerprint density at radius 3 is 2.41 bits per heavy atom. The third-order valence-corrected chi connectivity index (χ3v) is 15.3. The number of likely N-dealkylation sites (tertiary alicyclic amines) is 1. The molecule has 0 spiro atoms. The zero-order chi connectivity index (χ0) is 27.1. The highest BCUT2D eigenvalue weighted by molar-refractivity contribution is 6.90. The van der Waals surface area contributed by atoms with Crippen LogP contribution >= 0.6 is 0 Å². The van der Waals surface area contributed by atoms with Crippen LogP contribution in [0.4, 0.5) is 4.79 Å². The van der Waals surface area contributed by atoms with Crippen LogP contribution in [0.15, 0.2) is 12.3 Å². The number of aliphatic carboxylic acids is 1.